The maximum Gasteiger partial charge on any atom is 0.175 e. The van der Waals surface area contributed by atoms with E-state index in [1.807, 2.05) is 18.5 Å². The van der Waals surface area contributed by atoms with Crippen molar-refractivity contribution >= 4 is 28.9 Å². The molecule has 0 aromatic carbocycles. The molecule has 0 spiro atoms. The minimum absolute atomic E-state index is 0.191. The van der Waals surface area contributed by atoms with Crippen molar-refractivity contribution in [3.8, 4) is 0 Å². The molecule has 0 saturated heterocycles. The zero-order chi connectivity index (χ0) is 18.1. The number of hydrogen-bond acceptors (Lipinski definition) is 4. The Kier molecular flexibility index (Phi) is 5.05. The SMILES string of the molecule is Cc1cc(C(=O)CSc2nccn2C2CC2)c(C)n1CCc1cccs1. The van der Waals surface area contributed by atoms with E-state index in [0.29, 0.717) is 11.8 Å². The van der Waals surface area contributed by atoms with Gasteiger partial charge in [0, 0.05) is 46.8 Å². The molecule has 1 saturated carbocycles. The third-order valence-electron chi connectivity index (χ3n) is 4.94. The summed E-state index contributed by atoms with van der Waals surface area (Å²) in [6.45, 7) is 5.07. The van der Waals surface area contributed by atoms with E-state index < -0.39 is 0 Å². The smallest absolute Gasteiger partial charge is 0.175 e. The number of Topliss-reactive ketones (excluding diaryl/α,β-unsaturated/α-hetero) is 1. The quantitative estimate of drug-likeness (QED) is 0.408. The summed E-state index contributed by atoms with van der Waals surface area (Å²) in [4.78, 5) is 18.6. The highest BCUT2D eigenvalue weighted by Gasteiger charge is 2.26. The zero-order valence-corrected chi connectivity index (χ0v) is 16.8. The molecule has 3 aromatic heterocycles. The molecule has 26 heavy (non-hydrogen) atoms. The number of thioether (sulfide) groups is 1. The molecule has 0 amide bonds. The van der Waals surface area contributed by atoms with Crippen molar-refractivity contribution in [2.75, 3.05) is 5.75 Å². The number of aromatic nitrogens is 3. The van der Waals surface area contributed by atoms with E-state index in [9.17, 15) is 4.79 Å². The first-order valence-corrected chi connectivity index (χ1v) is 10.9. The molecule has 0 bridgehead atoms. The van der Waals surface area contributed by atoms with Gasteiger partial charge in [0.05, 0.1) is 5.75 Å². The van der Waals surface area contributed by atoms with Crippen molar-refractivity contribution in [2.45, 2.75) is 50.9 Å². The van der Waals surface area contributed by atoms with Gasteiger partial charge in [-0.05, 0) is 50.6 Å². The number of aryl methyl sites for hydroxylation is 2. The van der Waals surface area contributed by atoms with Crippen LogP contribution in [-0.2, 0) is 13.0 Å². The predicted octanol–water partition coefficient (Wildman–Crippen LogP) is 4.92. The summed E-state index contributed by atoms with van der Waals surface area (Å²) >= 11 is 3.34. The summed E-state index contributed by atoms with van der Waals surface area (Å²) < 4.78 is 4.48. The number of hydrogen-bond donors (Lipinski definition) is 0. The van der Waals surface area contributed by atoms with Crippen LogP contribution >= 0.6 is 23.1 Å². The molecule has 3 aromatic rings. The molecule has 0 atom stereocenters. The maximum absolute atomic E-state index is 12.8. The van der Waals surface area contributed by atoms with E-state index in [4.69, 9.17) is 0 Å². The van der Waals surface area contributed by atoms with E-state index in [2.05, 4.69) is 45.5 Å². The Bertz CT molecular complexity index is 904. The Hall–Kier alpha value is -1.79. The lowest BCUT2D eigenvalue weighted by Gasteiger charge is -2.09. The van der Waals surface area contributed by atoms with Crippen LogP contribution in [0.3, 0.4) is 0 Å². The van der Waals surface area contributed by atoms with Crippen molar-refractivity contribution in [2.24, 2.45) is 0 Å². The van der Waals surface area contributed by atoms with Gasteiger partial charge < -0.3 is 9.13 Å². The van der Waals surface area contributed by atoms with Gasteiger partial charge in [0.15, 0.2) is 10.9 Å². The zero-order valence-electron chi connectivity index (χ0n) is 15.1. The van der Waals surface area contributed by atoms with Gasteiger partial charge in [0.2, 0.25) is 0 Å². The Morgan fingerprint density at radius 2 is 2.23 bits per heavy atom. The lowest BCUT2D eigenvalue weighted by molar-refractivity contribution is 0.102. The minimum atomic E-state index is 0.191. The summed E-state index contributed by atoms with van der Waals surface area (Å²) in [6, 6.07) is 6.90. The van der Waals surface area contributed by atoms with Crippen LogP contribution in [0.5, 0.6) is 0 Å². The summed E-state index contributed by atoms with van der Waals surface area (Å²) in [5, 5.41) is 3.08. The molecule has 0 aliphatic heterocycles. The van der Waals surface area contributed by atoms with Crippen molar-refractivity contribution in [3.63, 3.8) is 0 Å². The second kappa shape index (κ2) is 7.45. The molecule has 1 aliphatic carbocycles. The topological polar surface area (TPSA) is 39.8 Å². The molecule has 0 unspecified atom stereocenters. The number of carbonyl (C=O) groups excluding carboxylic acids is 1. The number of nitrogens with zero attached hydrogens (tertiary/aromatic N) is 3. The van der Waals surface area contributed by atoms with Crippen molar-refractivity contribution < 1.29 is 4.79 Å². The molecule has 1 fully saturated rings. The van der Waals surface area contributed by atoms with Crippen LogP contribution in [0.2, 0.25) is 0 Å². The van der Waals surface area contributed by atoms with Crippen molar-refractivity contribution in [3.05, 3.63) is 57.8 Å². The Morgan fingerprint density at radius 1 is 1.38 bits per heavy atom. The van der Waals surface area contributed by atoms with Gasteiger partial charge >= 0.3 is 0 Å². The lowest BCUT2D eigenvalue weighted by atomic mass is 10.2. The summed E-state index contributed by atoms with van der Waals surface area (Å²) in [7, 11) is 0. The molecule has 1 aliphatic rings. The third kappa shape index (κ3) is 3.67. The van der Waals surface area contributed by atoms with Crippen LogP contribution in [0.25, 0.3) is 0 Å². The van der Waals surface area contributed by atoms with Crippen LogP contribution in [-0.4, -0.2) is 25.7 Å². The van der Waals surface area contributed by atoms with Gasteiger partial charge in [-0.1, -0.05) is 17.8 Å². The fraction of sp³-hybridized carbons (Fsp3) is 0.400. The molecule has 6 heteroatoms. The highest BCUT2D eigenvalue weighted by molar-refractivity contribution is 7.99. The standard InChI is InChI=1S/C20H23N3OS2/c1-14-12-18(15(2)22(14)9-7-17-4-3-11-25-17)19(24)13-26-20-21-8-10-23(20)16-5-6-16/h3-4,8,10-12,16H,5-7,9,13H2,1-2H3. The van der Waals surface area contributed by atoms with Crippen LogP contribution in [0, 0.1) is 13.8 Å². The first kappa shape index (κ1) is 17.6. The van der Waals surface area contributed by atoms with Crippen LogP contribution in [0.4, 0.5) is 0 Å². The minimum Gasteiger partial charge on any atom is -0.348 e. The fourth-order valence-electron chi connectivity index (χ4n) is 3.35. The van der Waals surface area contributed by atoms with E-state index in [1.165, 1.54) is 17.7 Å². The molecular formula is C20H23N3OS2. The molecule has 0 radical (unpaired) electrons. The lowest BCUT2D eigenvalue weighted by Crippen LogP contribution is -2.08. The summed E-state index contributed by atoms with van der Waals surface area (Å²) in [5.74, 6) is 0.634. The second-order valence-corrected chi connectivity index (χ2v) is 8.80. The molecule has 3 heterocycles. The van der Waals surface area contributed by atoms with Crippen molar-refractivity contribution in [1.82, 2.24) is 14.1 Å². The number of ketones is 1. The van der Waals surface area contributed by atoms with Gasteiger partial charge in [0.1, 0.15) is 0 Å². The van der Waals surface area contributed by atoms with Crippen LogP contribution in [0.1, 0.15) is 45.5 Å². The second-order valence-electron chi connectivity index (χ2n) is 6.83. The molecule has 0 N–H and O–H groups in total. The van der Waals surface area contributed by atoms with E-state index >= 15 is 0 Å². The average Bonchev–Trinajstić information content (AvgIpc) is 3.05. The highest BCUT2D eigenvalue weighted by Crippen LogP contribution is 2.37. The molecule has 136 valence electrons. The fourth-order valence-corrected chi connectivity index (χ4v) is 4.96. The Morgan fingerprint density at radius 3 is 2.96 bits per heavy atom. The summed E-state index contributed by atoms with van der Waals surface area (Å²) in [6.07, 6.45) is 7.32. The normalized spacial score (nSPS) is 14.1. The van der Waals surface area contributed by atoms with E-state index in [0.717, 1.165) is 35.1 Å². The third-order valence-corrected chi connectivity index (χ3v) is 6.86. The number of carbonyl (C=O) groups is 1. The predicted molar refractivity (Wildman–Crippen MR) is 107 cm³/mol. The van der Waals surface area contributed by atoms with Crippen LogP contribution < -0.4 is 0 Å². The number of thiophene rings is 1. The average molecular weight is 386 g/mol. The van der Waals surface area contributed by atoms with Gasteiger partial charge in [-0.25, -0.2) is 4.98 Å². The van der Waals surface area contributed by atoms with Gasteiger partial charge in [-0.15, -0.1) is 11.3 Å². The monoisotopic (exact) mass is 385 g/mol. The van der Waals surface area contributed by atoms with Crippen molar-refractivity contribution in [1.29, 1.82) is 0 Å². The maximum atomic E-state index is 12.8. The highest BCUT2D eigenvalue weighted by atomic mass is 32.2. The molecular weight excluding hydrogens is 362 g/mol. The Labute approximate surface area is 162 Å². The Balaban J connectivity index is 1.42. The van der Waals surface area contributed by atoms with Gasteiger partial charge in [0.25, 0.3) is 0 Å². The van der Waals surface area contributed by atoms with Crippen LogP contribution in [0.15, 0.2) is 41.1 Å². The number of rotatable bonds is 8. The first-order valence-electron chi connectivity index (χ1n) is 9.01. The number of imidazole rings is 1. The molecule has 4 rings (SSSR count). The van der Waals surface area contributed by atoms with E-state index in [-0.39, 0.29) is 5.78 Å². The molecule has 4 nitrogen and oxygen atoms in total. The first-order chi connectivity index (χ1) is 12.6. The van der Waals surface area contributed by atoms with Gasteiger partial charge in [-0.3, -0.25) is 4.79 Å². The van der Waals surface area contributed by atoms with Gasteiger partial charge in [-0.2, -0.15) is 0 Å². The van der Waals surface area contributed by atoms with E-state index in [1.54, 1.807) is 23.1 Å². The summed E-state index contributed by atoms with van der Waals surface area (Å²) in [5.41, 5.74) is 3.09. The largest absolute Gasteiger partial charge is 0.348 e.